The van der Waals surface area contributed by atoms with Crippen LogP contribution in [0.25, 0.3) is 0 Å². The molecule has 2 aromatic carbocycles. The van der Waals surface area contributed by atoms with Crippen molar-refractivity contribution in [3.63, 3.8) is 0 Å². The lowest BCUT2D eigenvalue weighted by Crippen LogP contribution is -2.50. The van der Waals surface area contributed by atoms with E-state index in [0.29, 0.717) is 5.56 Å². The number of carbonyl (C=O) groups is 1. The lowest BCUT2D eigenvalue weighted by Gasteiger charge is -2.34. The fourth-order valence-electron chi connectivity index (χ4n) is 3.29. The number of hydrogen-bond acceptors (Lipinski definition) is 5. The minimum absolute atomic E-state index is 0.0440. The first kappa shape index (κ1) is 20.9. The summed E-state index contributed by atoms with van der Waals surface area (Å²) in [5.74, 6) is -0.0440. The van der Waals surface area contributed by atoms with E-state index in [1.54, 1.807) is 11.8 Å². The molecule has 2 aromatic rings. The number of hydrogen-bond donors (Lipinski definition) is 0. The number of amides is 1. The molecule has 0 aliphatic carbocycles. The predicted octanol–water partition coefficient (Wildman–Crippen LogP) is 2.29. The van der Waals surface area contributed by atoms with Gasteiger partial charge in [0.1, 0.15) is 0 Å². The standard InChI is InChI=1S/C20H23N3O5S/c1-15-3-6-17(7-4-15)13-20(24)21-9-11-22(12-10-21)29(27,28)19-14-18(23(25)26)8-5-16(19)2/h3-8,14H,9-13H2,1-2H3. The van der Waals surface area contributed by atoms with E-state index < -0.39 is 14.9 Å². The Morgan fingerprint density at radius 2 is 1.66 bits per heavy atom. The fourth-order valence-corrected chi connectivity index (χ4v) is 4.96. The van der Waals surface area contributed by atoms with Crippen molar-refractivity contribution < 1.29 is 18.1 Å². The Labute approximate surface area is 169 Å². The van der Waals surface area contributed by atoms with Crippen LogP contribution in [-0.4, -0.2) is 54.6 Å². The first-order valence-electron chi connectivity index (χ1n) is 9.27. The first-order valence-corrected chi connectivity index (χ1v) is 10.7. The number of rotatable bonds is 5. The van der Waals surface area contributed by atoms with Crippen molar-refractivity contribution in [2.45, 2.75) is 25.2 Å². The Morgan fingerprint density at radius 3 is 2.24 bits per heavy atom. The highest BCUT2D eigenvalue weighted by molar-refractivity contribution is 7.89. The van der Waals surface area contributed by atoms with Crippen molar-refractivity contribution >= 4 is 21.6 Å². The molecule has 0 radical (unpaired) electrons. The second kappa shape index (κ2) is 8.30. The second-order valence-corrected chi connectivity index (χ2v) is 9.06. The number of piperazine rings is 1. The van der Waals surface area contributed by atoms with Crippen LogP contribution in [0.5, 0.6) is 0 Å². The summed E-state index contributed by atoms with van der Waals surface area (Å²) in [5, 5.41) is 11.0. The van der Waals surface area contributed by atoms with Gasteiger partial charge in [0.25, 0.3) is 5.69 Å². The Balaban J connectivity index is 1.68. The molecule has 0 unspecified atom stereocenters. The van der Waals surface area contributed by atoms with E-state index in [4.69, 9.17) is 0 Å². The molecule has 0 N–H and O–H groups in total. The maximum absolute atomic E-state index is 13.0. The highest BCUT2D eigenvalue weighted by atomic mass is 32.2. The molecule has 1 aliphatic rings. The fraction of sp³-hybridized carbons (Fsp3) is 0.350. The minimum Gasteiger partial charge on any atom is -0.340 e. The third-order valence-electron chi connectivity index (χ3n) is 5.07. The molecule has 3 rings (SSSR count). The van der Waals surface area contributed by atoms with E-state index in [0.717, 1.165) is 17.2 Å². The Morgan fingerprint density at radius 1 is 1.03 bits per heavy atom. The summed E-state index contributed by atoms with van der Waals surface area (Å²) in [6.45, 7) is 4.48. The van der Waals surface area contributed by atoms with Gasteiger partial charge in [-0.25, -0.2) is 8.42 Å². The Kier molecular flexibility index (Phi) is 5.99. The van der Waals surface area contributed by atoms with Gasteiger partial charge in [0.05, 0.1) is 16.2 Å². The van der Waals surface area contributed by atoms with Crippen molar-refractivity contribution in [2.75, 3.05) is 26.2 Å². The normalized spacial score (nSPS) is 15.3. The molecule has 0 bridgehead atoms. The minimum atomic E-state index is -3.87. The molecule has 29 heavy (non-hydrogen) atoms. The Bertz CT molecular complexity index is 1030. The zero-order valence-electron chi connectivity index (χ0n) is 16.4. The number of nitro benzene ring substituents is 1. The molecule has 154 valence electrons. The van der Waals surface area contributed by atoms with E-state index in [1.165, 1.54) is 16.4 Å². The van der Waals surface area contributed by atoms with Crippen LogP contribution in [-0.2, 0) is 21.2 Å². The summed E-state index contributed by atoms with van der Waals surface area (Å²) in [4.78, 5) is 24.5. The molecular weight excluding hydrogens is 394 g/mol. The van der Waals surface area contributed by atoms with Crippen molar-refractivity contribution in [2.24, 2.45) is 0 Å². The summed E-state index contributed by atoms with van der Waals surface area (Å²) >= 11 is 0. The van der Waals surface area contributed by atoms with Gasteiger partial charge in [-0.05, 0) is 25.0 Å². The molecule has 1 fully saturated rings. The number of aryl methyl sites for hydroxylation is 2. The van der Waals surface area contributed by atoms with Gasteiger partial charge in [0.2, 0.25) is 15.9 Å². The van der Waals surface area contributed by atoms with Gasteiger partial charge in [0, 0.05) is 38.3 Å². The van der Waals surface area contributed by atoms with Gasteiger partial charge in [-0.2, -0.15) is 4.31 Å². The quantitative estimate of drug-likeness (QED) is 0.549. The number of sulfonamides is 1. The van der Waals surface area contributed by atoms with Crippen molar-refractivity contribution in [3.05, 3.63) is 69.3 Å². The molecule has 8 nitrogen and oxygen atoms in total. The van der Waals surface area contributed by atoms with E-state index in [1.807, 2.05) is 31.2 Å². The van der Waals surface area contributed by atoms with Crippen LogP contribution in [0.1, 0.15) is 16.7 Å². The number of nitro groups is 1. The van der Waals surface area contributed by atoms with Crippen LogP contribution >= 0.6 is 0 Å². The number of non-ortho nitro benzene ring substituents is 1. The molecule has 1 heterocycles. The molecule has 0 spiro atoms. The number of benzene rings is 2. The highest BCUT2D eigenvalue weighted by Gasteiger charge is 2.32. The average molecular weight is 417 g/mol. The van der Waals surface area contributed by atoms with Crippen molar-refractivity contribution in [1.29, 1.82) is 0 Å². The van der Waals surface area contributed by atoms with Gasteiger partial charge in [0.15, 0.2) is 0 Å². The SMILES string of the molecule is Cc1ccc(CC(=O)N2CCN(S(=O)(=O)c3cc([N+](=O)[O-])ccc3C)CC2)cc1. The largest absolute Gasteiger partial charge is 0.340 e. The zero-order chi connectivity index (χ0) is 21.2. The summed E-state index contributed by atoms with van der Waals surface area (Å²) in [7, 11) is -3.87. The van der Waals surface area contributed by atoms with Crippen LogP contribution in [0.4, 0.5) is 5.69 Å². The third-order valence-corrected chi connectivity index (χ3v) is 7.11. The van der Waals surface area contributed by atoms with Gasteiger partial charge in [-0.1, -0.05) is 35.9 Å². The molecule has 0 saturated carbocycles. The summed E-state index contributed by atoms with van der Waals surface area (Å²) < 4.78 is 27.3. The lowest BCUT2D eigenvalue weighted by molar-refractivity contribution is -0.385. The maximum Gasteiger partial charge on any atom is 0.270 e. The summed E-state index contributed by atoms with van der Waals surface area (Å²) in [5.41, 5.74) is 2.23. The van der Waals surface area contributed by atoms with Gasteiger partial charge in [-0.3, -0.25) is 14.9 Å². The number of nitrogens with zero attached hydrogens (tertiary/aromatic N) is 3. The molecular formula is C20H23N3O5S. The van der Waals surface area contributed by atoms with E-state index >= 15 is 0 Å². The molecule has 1 aliphatic heterocycles. The van der Waals surface area contributed by atoms with Crippen LogP contribution in [0.2, 0.25) is 0 Å². The highest BCUT2D eigenvalue weighted by Crippen LogP contribution is 2.25. The lowest BCUT2D eigenvalue weighted by atomic mass is 10.1. The maximum atomic E-state index is 13.0. The van der Waals surface area contributed by atoms with Crippen LogP contribution < -0.4 is 0 Å². The second-order valence-electron chi connectivity index (χ2n) is 7.15. The summed E-state index contributed by atoms with van der Waals surface area (Å²) in [6, 6.07) is 11.6. The molecule has 1 amide bonds. The van der Waals surface area contributed by atoms with Crippen LogP contribution in [0, 0.1) is 24.0 Å². The van der Waals surface area contributed by atoms with E-state index in [2.05, 4.69) is 0 Å². The smallest absolute Gasteiger partial charge is 0.270 e. The Hall–Kier alpha value is -2.78. The molecule has 9 heteroatoms. The first-order chi connectivity index (χ1) is 13.7. The van der Waals surface area contributed by atoms with Crippen molar-refractivity contribution in [3.8, 4) is 0 Å². The van der Waals surface area contributed by atoms with Crippen LogP contribution in [0.3, 0.4) is 0 Å². The number of carbonyl (C=O) groups excluding carboxylic acids is 1. The monoisotopic (exact) mass is 417 g/mol. The van der Waals surface area contributed by atoms with Gasteiger partial charge >= 0.3 is 0 Å². The molecule has 0 aromatic heterocycles. The van der Waals surface area contributed by atoms with E-state index in [-0.39, 0.29) is 49.1 Å². The van der Waals surface area contributed by atoms with Crippen LogP contribution in [0.15, 0.2) is 47.4 Å². The van der Waals surface area contributed by atoms with E-state index in [9.17, 15) is 23.3 Å². The topological polar surface area (TPSA) is 101 Å². The molecule has 1 saturated heterocycles. The zero-order valence-corrected chi connectivity index (χ0v) is 17.2. The van der Waals surface area contributed by atoms with Crippen molar-refractivity contribution in [1.82, 2.24) is 9.21 Å². The summed E-state index contributed by atoms with van der Waals surface area (Å²) in [6.07, 6.45) is 0.275. The average Bonchev–Trinajstić information content (AvgIpc) is 2.69. The van der Waals surface area contributed by atoms with Gasteiger partial charge in [-0.15, -0.1) is 0 Å². The third kappa shape index (κ3) is 4.63. The molecule has 0 atom stereocenters. The van der Waals surface area contributed by atoms with Gasteiger partial charge < -0.3 is 4.90 Å². The predicted molar refractivity (Wildman–Crippen MR) is 108 cm³/mol.